The number of rotatable bonds is 4. The summed E-state index contributed by atoms with van der Waals surface area (Å²) in [6, 6.07) is 10.5. The van der Waals surface area contributed by atoms with Crippen LogP contribution in [0.4, 0.5) is 0 Å². The first-order valence-electron chi connectivity index (χ1n) is 10.9. The number of sulfonamides is 1. The van der Waals surface area contributed by atoms with Gasteiger partial charge in [-0.3, -0.25) is 4.79 Å². The molecule has 1 aromatic carbocycles. The highest BCUT2D eigenvalue weighted by atomic mass is 32.2. The Morgan fingerprint density at radius 1 is 0.964 bits per heavy atom. The molecule has 152 valence electrons. The van der Waals surface area contributed by atoms with Gasteiger partial charge in [-0.25, -0.2) is 8.42 Å². The molecule has 0 N–H and O–H groups in total. The largest absolute Gasteiger partial charge is 0.338 e. The lowest BCUT2D eigenvalue weighted by Crippen LogP contribution is -2.52. The number of carbonyl (C=O) groups excluding carboxylic acids is 1. The van der Waals surface area contributed by atoms with Gasteiger partial charge >= 0.3 is 0 Å². The molecule has 2 saturated heterocycles. The predicted octanol–water partition coefficient (Wildman–Crippen LogP) is 3.06. The minimum Gasteiger partial charge on any atom is -0.338 e. The maximum absolute atomic E-state index is 13.3. The van der Waals surface area contributed by atoms with E-state index in [9.17, 15) is 13.2 Å². The van der Waals surface area contributed by atoms with Crippen molar-refractivity contribution in [1.82, 2.24) is 9.21 Å². The van der Waals surface area contributed by atoms with Crippen LogP contribution in [0.3, 0.4) is 0 Å². The van der Waals surface area contributed by atoms with E-state index < -0.39 is 10.0 Å². The molecule has 1 amide bonds. The molecular weight excluding hydrogens is 372 g/mol. The SMILES string of the molecule is O=C1CCC2(c3ccccc3)CCN(S(=O)(=O)C3CC3)C2CN1C1CCCC1. The van der Waals surface area contributed by atoms with E-state index in [1.54, 1.807) is 4.31 Å². The van der Waals surface area contributed by atoms with Gasteiger partial charge in [0, 0.05) is 31.0 Å². The topological polar surface area (TPSA) is 57.7 Å². The van der Waals surface area contributed by atoms with Gasteiger partial charge in [0.25, 0.3) is 0 Å². The number of benzene rings is 1. The third-order valence-electron chi connectivity index (χ3n) is 7.63. The van der Waals surface area contributed by atoms with Crippen molar-refractivity contribution >= 4 is 15.9 Å². The molecule has 2 unspecified atom stereocenters. The van der Waals surface area contributed by atoms with Gasteiger partial charge in [0.1, 0.15) is 0 Å². The molecule has 0 radical (unpaired) electrons. The first-order valence-corrected chi connectivity index (χ1v) is 12.4. The summed E-state index contributed by atoms with van der Waals surface area (Å²) in [5.41, 5.74) is 0.959. The number of hydrogen-bond donors (Lipinski definition) is 0. The van der Waals surface area contributed by atoms with Crippen molar-refractivity contribution in [3.8, 4) is 0 Å². The standard InChI is InChI=1S/C22H30N2O3S/c25-21-12-13-22(17-6-2-1-3-7-17)14-15-24(28(26,27)19-10-11-19)20(22)16-23(21)18-8-4-5-9-18/h1-3,6-7,18-20H,4-5,8-16H2. The Labute approximate surface area is 168 Å². The van der Waals surface area contributed by atoms with Gasteiger partial charge in [0.15, 0.2) is 0 Å². The summed E-state index contributed by atoms with van der Waals surface area (Å²) in [7, 11) is -3.27. The van der Waals surface area contributed by atoms with E-state index in [1.165, 1.54) is 18.4 Å². The second-order valence-electron chi connectivity index (χ2n) is 9.13. The number of fused-ring (bicyclic) bond motifs is 1. The van der Waals surface area contributed by atoms with Crippen molar-refractivity contribution < 1.29 is 13.2 Å². The summed E-state index contributed by atoms with van der Waals surface area (Å²) < 4.78 is 28.3. The highest BCUT2D eigenvalue weighted by Crippen LogP contribution is 2.49. The Balaban J connectivity index is 1.57. The Morgan fingerprint density at radius 3 is 2.36 bits per heavy atom. The molecule has 2 aliphatic heterocycles. The minimum absolute atomic E-state index is 0.132. The number of carbonyl (C=O) groups is 1. The maximum atomic E-state index is 13.3. The first kappa shape index (κ1) is 18.6. The molecule has 5 nitrogen and oxygen atoms in total. The fourth-order valence-electron chi connectivity index (χ4n) is 5.91. The van der Waals surface area contributed by atoms with Crippen molar-refractivity contribution in [2.45, 2.75) is 80.5 Å². The maximum Gasteiger partial charge on any atom is 0.222 e. The van der Waals surface area contributed by atoms with Crippen LogP contribution in [-0.2, 0) is 20.2 Å². The highest BCUT2D eigenvalue weighted by molar-refractivity contribution is 7.90. The second-order valence-corrected chi connectivity index (χ2v) is 11.3. The van der Waals surface area contributed by atoms with Crippen LogP contribution in [0.1, 0.15) is 63.4 Å². The number of amides is 1. The van der Waals surface area contributed by atoms with Gasteiger partial charge in [0.2, 0.25) is 15.9 Å². The van der Waals surface area contributed by atoms with Crippen molar-refractivity contribution in [2.75, 3.05) is 13.1 Å². The molecule has 1 aromatic rings. The van der Waals surface area contributed by atoms with Gasteiger partial charge in [-0.15, -0.1) is 0 Å². The molecule has 28 heavy (non-hydrogen) atoms. The van der Waals surface area contributed by atoms with Crippen LogP contribution in [0.15, 0.2) is 30.3 Å². The molecule has 2 heterocycles. The van der Waals surface area contributed by atoms with Crippen LogP contribution >= 0.6 is 0 Å². The van der Waals surface area contributed by atoms with Crippen LogP contribution < -0.4 is 0 Å². The van der Waals surface area contributed by atoms with Crippen molar-refractivity contribution in [1.29, 1.82) is 0 Å². The summed E-state index contributed by atoms with van der Waals surface area (Å²) in [6.45, 7) is 1.15. The first-order chi connectivity index (χ1) is 13.5. The number of likely N-dealkylation sites (tertiary alicyclic amines) is 1. The fraction of sp³-hybridized carbons (Fsp3) is 0.682. The van der Waals surface area contributed by atoms with E-state index in [0.717, 1.165) is 38.5 Å². The van der Waals surface area contributed by atoms with Crippen LogP contribution in [0, 0.1) is 0 Å². The lowest BCUT2D eigenvalue weighted by Gasteiger charge is -2.39. The molecule has 0 spiro atoms. The van der Waals surface area contributed by atoms with E-state index in [2.05, 4.69) is 17.0 Å². The van der Waals surface area contributed by atoms with E-state index in [-0.39, 0.29) is 22.6 Å². The summed E-state index contributed by atoms with van der Waals surface area (Å²) in [5.74, 6) is 0.223. The van der Waals surface area contributed by atoms with Gasteiger partial charge in [0.05, 0.1) is 11.3 Å². The summed E-state index contributed by atoms with van der Waals surface area (Å²) >= 11 is 0. The van der Waals surface area contributed by atoms with Crippen LogP contribution in [0.25, 0.3) is 0 Å². The molecule has 6 heteroatoms. The van der Waals surface area contributed by atoms with E-state index >= 15 is 0 Å². The Hall–Kier alpha value is -1.40. The van der Waals surface area contributed by atoms with Gasteiger partial charge in [-0.2, -0.15) is 4.31 Å². The van der Waals surface area contributed by atoms with Crippen molar-refractivity contribution in [3.05, 3.63) is 35.9 Å². The van der Waals surface area contributed by atoms with Gasteiger partial charge in [-0.1, -0.05) is 43.2 Å². The minimum atomic E-state index is -3.27. The van der Waals surface area contributed by atoms with E-state index in [4.69, 9.17) is 0 Å². The molecule has 2 atom stereocenters. The average Bonchev–Trinajstić information content (AvgIpc) is 3.35. The molecule has 4 aliphatic rings. The predicted molar refractivity (Wildman–Crippen MR) is 108 cm³/mol. The molecule has 2 saturated carbocycles. The average molecular weight is 403 g/mol. The molecule has 2 aliphatic carbocycles. The molecule has 5 rings (SSSR count). The van der Waals surface area contributed by atoms with Crippen LogP contribution in [0.5, 0.6) is 0 Å². The molecule has 0 aromatic heterocycles. The summed E-state index contributed by atoms with van der Waals surface area (Å²) in [6.07, 6.45) is 8.14. The zero-order chi connectivity index (χ0) is 19.4. The lowest BCUT2D eigenvalue weighted by molar-refractivity contribution is -0.133. The summed E-state index contributed by atoms with van der Waals surface area (Å²) in [5, 5.41) is -0.196. The third-order valence-corrected chi connectivity index (χ3v) is 10.0. The number of hydrogen-bond acceptors (Lipinski definition) is 3. The zero-order valence-electron chi connectivity index (χ0n) is 16.4. The highest BCUT2D eigenvalue weighted by Gasteiger charge is 2.57. The Bertz CT molecular complexity index is 846. The molecule has 0 bridgehead atoms. The smallest absolute Gasteiger partial charge is 0.222 e. The monoisotopic (exact) mass is 402 g/mol. The third kappa shape index (κ3) is 2.91. The Morgan fingerprint density at radius 2 is 1.68 bits per heavy atom. The fourth-order valence-corrected chi connectivity index (χ4v) is 7.99. The summed E-state index contributed by atoms with van der Waals surface area (Å²) in [4.78, 5) is 15.1. The van der Waals surface area contributed by atoms with Crippen molar-refractivity contribution in [2.24, 2.45) is 0 Å². The van der Waals surface area contributed by atoms with Crippen LogP contribution in [0.2, 0.25) is 0 Å². The van der Waals surface area contributed by atoms with Crippen molar-refractivity contribution in [3.63, 3.8) is 0 Å². The van der Waals surface area contributed by atoms with E-state index in [0.29, 0.717) is 25.6 Å². The quantitative estimate of drug-likeness (QED) is 0.778. The molecule has 4 fully saturated rings. The van der Waals surface area contributed by atoms with Gasteiger partial charge in [-0.05, 0) is 44.1 Å². The van der Waals surface area contributed by atoms with E-state index in [1.807, 2.05) is 18.2 Å². The Kier molecular flexibility index (Phi) is 4.55. The molecular formula is C22H30N2O3S. The second kappa shape index (κ2) is 6.84. The number of nitrogens with zero attached hydrogens (tertiary/aromatic N) is 2. The lowest BCUT2D eigenvalue weighted by atomic mass is 9.71. The zero-order valence-corrected chi connectivity index (χ0v) is 17.2. The van der Waals surface area contributed by atoms with Gasteiger partial charge < -0.3 is 4.90 Å². The normalized spacial score (nSPS) is 32.5. The van der Waals surface area contributed by atoms with Crippen LogP contribution in [-0.4, -0.2) is 54.0 Å².